The minimum absolute atomic E-state index is 0.299. The molecule has 0 fully saturated rings. The first-order chi connectivity index (χ1) is 15.4. The van der Waals surface area contributed by atoms with E-state index in [4.69, 9.17) is 33.7 Å². The van der Waals surface area contributed by atoms with Gasteiger partial charge in [-0.25, -0.2) is 9.97 Å². The molecule has 10 heteroatoms. The summed E-state index contributed by atoms with van der Waals surface area (Å²) >= 11 is 6.24. The Kier molecular flexibility index (Phi) is 10.4. The number of nitrogens with one attached hydrogen (secondary N) is 1. The highest BCUT2D eigenvalue weighted by Crippen LogP contribution is 2.32. The van der Waals surface area contributed by atoms with E-state index in [-0.39, 0.29) is 0 Å². The molecule has 3 aromatic rings. The van der Waals surface area contributed by atoms with Gasteiger partial charge >= 0.3 is 10.6 Å². The van der Waals surface area contributed by atoms with Gasteiger partial charge in [-0.1, -0.05) is 60.5 Å². The van der Waals surface area contributed by atoms with Crippen LogP contribution < -0.4 is 14.8 Å². The van der Waals surface area contributed by atoms with E-state index in [0.29, 0.717) is 17.6 Å². The third-order valence-corrected chi connectivity index (χ3v) is 4.68. The second-order valence-corrected chi connectivity index (χ2v) is 7.35. The zero-order chi connectivity index (χ0) is 23.3. The number of hydrogen-bond donors (Lipinski definition) is 1. The first kappa shape index (κ1) is 25.1. The van der Waals surface area contributed by atoms with Gasteiger partial charge in [0.15, 0.2) is 11.5 Å². The molecule has 1 N–H and O–H groups in total. The number of halogens is 1. The fourth-order valence-corrected chi connectivity index (χ4v) is 3.03. The van der Waals surface area contributed by atoms with E-state index in [0.717, 1.165) is 36.6 Å². The first-order valence-electron chi connectivity index (χ1n) is 9.80. The SMILES string of the molecule is CCc1ncnc(NCCc2ccc3c(c2)OCO3)c1Cl.Cc1ccccc1.O=S(=O)=O. The Bertz CT molecular complexity index is 1110. The molecule has 0 saturated carbocycles. The van der Waals surface area contributed by atoms with Gasteiger partial charge in [0.25, 0.3) is 0 Å². The number of aromatic nitrogens is 2. The molecule has 32 heavy (non-hydrogen) atoms. The van der Waals surface area contributed by atoms with E-state index < -0.39 is 10.6 Å². The molecular weight excluding hydrogens is 454 g/mol. The molecule has 2 heterocycles. The Morgan fingerprint density at radius 3 is 2.34 bits per heavy atom. The molecule has 1 aliphatic rings. The number of benzene rings is 2. The molecular formula is C22H24ClN3O5S. The van der Waals surface area contributed by atoms with Crippen molar-refractivity contribution in [2.75, 3.05) is 18.7 Å². The quantitative estimate of drug-likeness (QED) is 0.586. The van der Waals surface area contributed by atoms with Gasteiger partial charge in [0, 0.05) is 6.54 Å². The Hall–Kier alpha value is -3.17. The molecule has 0 amide bonds. The molecule has 0 unspecified atom stereocenters. The van der Waals surface area contributed by atoms with Crippen LogP contribution in [0.2, 0.25) is 5.02 Å². The van der Waals surface area contributed by atoms with Crippen molar-refractivity contribution in [3.63, 3.8) is 0 Å². The molecule has 0 saturated heterocycles. The van der Waals surface area contributed by atoms with Crippen LogP contribution in [0.1, 0.15) is 23.7 Å². The van der Waals surface area contributed by atoms with Crippen molar-refractivity contribution < 1.29 is 22.1 Å². The fourth-order valence-electron chi connectivity index (χ4n) is 2.73. The zero-order valence-corrected chi connectivity index (χ0v) is 19.3. The Labute approximate surface area is 193 Å². The molecule has 0 radical (unpaired) electrons. The maximum absolute atomic E-state index is 8.44. The second kappa shape index (κ2) is 13.3. The maximum atomic E-state index is 8.44. The van der Waals surface area contributed by atoms with Crippen molar-refractivity contribution in [2.45, 2.75) is 26.7 Å². The normalized spacial score (nSPS) is 10.8. The van der Waals surface area contributed by atoms with Crippen molar-refractivity contribution in [1.82, 2.24) is 9.97 Å². The average Bonchev–Trinajstić information content (AvgIpc) is 3.23. The van der Waals surface area contributed by atoms with Crippen LogP contribution in [0.3, 0.4) is 0 Å². The predicted molar refractivity (Wildman–Crippen MR) is 122 cm³/mol. The highest BCUT2D eigenvalue weighted by molar-refractivity contribution is 7.59. The lowest BCUT2D eigenvalue weighted by atomic mass is 10.1. The minimum Gasteiger partial charge on any atom is -0.454 e. The van der Waals surface area contributed by atoms with Crippen LogP contribution in [-0.4, -0.2) is 35.9 Å². The largest absolute Gasteiger partial charge is 0.454 e. The third kappa shape index (κ3) is 8.52. The first-order valence-corrected chi connectivity index (χ1v) is 11.2. The number of nitrogens with zero attached hydrogens (tertiary/aromatic N) is 2. The summed E-state index contributed by atoms with van der Waals surface area (Å²) in [6.45, 7) is 5.14. The Morgan fingerprint density at radius 1 is 1.03 bits per heavy atom. The number of rotatable bonds is 5. The molecule has 0 bridgehead atoms. The smallest absolute Gasteiger partial charge is 0.425 e. The molecule has 1 aliphatic heterocycles. The Balaban J connectivity index is 0.000000273. The number of ether oxygens (including phenoxy) is 2. The van der Waals surface area contributed by atoms with E-state index in [2.05, 4.69) is 34.3 Å². The summed E-state index contributed by atoms with van der Waals surface area (Å²) < 4.78 is 36.0. The molecule has 0 aliphatic carbocycles. The summed E-state index contributed by atoms with van der Waals surface area (Å²) in [4.78, 5) is 8.33. The van der Waals surface area contributed by atoms with Crippen molar-refractivity contribution in [2.24, 2.45) is 0 Å². The van der Waals surface area contributed by atoms with Gasteiger partial charge in [0.1, 0.15) is 17.2 Å². The van der Waals surface area contributed by atoms with Crippen LogP contribution in [0.5, 0.6) is 11.5 Å². The van der Waals surface area contributed by atoms with Crippen LogP contribution in [0.15, 0.2) is 54.9 Å². The van der Waals surface area contributed by atoms with Crippen molar-refractivity contribution >= 4 is 28.0 Å². The standard InChI is InChI=1S/C15H16ClN3O2.C7H8.O3S/c1-2-11-14(16)15(19-8-18-11)17-6-5-10-3-4-12-13(7-10)21-9-20-12;1-7-5-3-2-4-6-7;1-4(2)3/h3-4,7-8H,2,5-6,9H2,1H3,(H,17,18,19);2-6H,1H3;. The fraction of sp³-hybridized carbons (Fsp3) is 0.273. The van der Waals surface area contributed by atoms with Crippen molar-refractivity contribution in [3.05, 3.63) is 76.7 Å². The summed E-state index contributed by atoms with van der Waals surface area (Å²) in [6, 6.07) is 16.2. The summed E-state index contributed by atoms with van der Waals surface area (Å²) in [5.41, 5.74) is 3.35. The second-order valence-electron chi connectivity index (χ2n) is 6.56. The maximum Gasteiger partial charge on any atom is 0.425 e. The van der Waals surface area contributed by atoms with Gasteiger partial charge in [-0.15, -0.1) is 12.6 Å². The van der Waals surface area contributed by atoms with Gasteiger partial charge in [0.05, 0.1) is 5.69 Å². The summed E-state index contributed by atoms with van der Waals surface area (Å²) in [5.74, 6) is 2.29. The topological polar surface area (TPSA) is 107 Å². The van der Waals surface area contributed by atoms with Gasteiger partial charge < -0.3 is 14.8 Å². The van der Waals surface area contributed by atoms with E-state index in [9.17, 15) is 0 Å². The molecule has 4 rings (SSSR count). The summed E-state index contributed by atoms with van der Waals surface area (Å²) in [5, 5.41) is 3.85. The van der Waals surface area contributed by atoms with Gasteiger partial charge in [0.2, 0.25) is 6.79 Å². The summed E-state index contributed by atoms with van der Waals surface area (Å²) in [6.07, 6.45) is 3.17. The average molecular weight is 478 g/mol. The number of hydrogen-bond acceptors (Lipinski definition) is 8. The lowest BCUT2D eigenvalue weighted by Gasteiger charge is -2.09. The highest BCUT2D eigenvalue weighted by atomic mass is 35.5. The molecule has 1 aromatic heterocycles. The third-order valence-electron chi connectivity index (χ3n) is 4.28. The van der Waals surface area contributed by atoms with E-state index in [1.165, 1.54) is 17.5 Å². The molecule has 0 atom stereocenters. The molecule has 0 spiro atoms. The monoisotopic (exact) mass is 477 g/mol. The lowest BCUT2D eigenvalue weighted by Crippen LogP contribution is -2.08. The highest BCUT2D eigenvalue weighted by Gasteiger charge is 2.13. The van der Waals surface area contributed by atoms with Gasteiger partial charge in [-0.05, 0) is 37.5 Å². The van der Waals surface area contributed by atoms with Crippen LogP contribution >= 0.6 is 11.6 Å². The zero-order valence-electron chi connectivity index (χ0n) is 17.7. The van der Waals surface area contributed by atoms with Gasteiger partial charge in [-0.2, -0.15) is 0 Å². The van der Waals surface area contributed by atoms with E-state index in [1.807, 2.05) is 43.3 Å². The van der Waals surface area contributed by atoms with E-state index in [1.54, 1.807) is 0 Å². The molecule has 8 nitrogen and oxygen atoms in total. The number of fused-ring (bicyclic) bond motifs is 1. The van der Waals surface area contributed by atoms with Crippen molar-refractivity contribution in [1.29, 1.82) is 0 Å². The van der Waals surface area contributed by atoms with Crippen LogP contribution in [0.4, 0.5) is 5.82 Å². The van der Waals surface area contributed by atoms with Crippen molar-refractivity contribution in [3.8, 4) is 11.5 Å². The van der Waals surface area contributed by atoms with Crippen LogP contribution in [0, 0.1) is 6.92 Å². The lowest BCUT2D eigenvalue weighted by molar-refractivity contribution is 0.174. The minimum atomic E-state index is -3.11. The van der Waals surface area contributed by atoms with Crippen LogP contribution in [0.25, 0.3) is 0 Å². The number of anilines is 1. The Morgan fingerprint density at radius 2 is 1.72 bits per heavy atom. The molecule has 2 aromatic carbocycles. The predicted octanol–water partition coefficient (Wildman–Crippen LogP) is 4.07. The van der Waals surface area contributed by atoms with Gasteiger partial charge in [-0.3, -0.25) is 0 Å². The van der Waals surface area contributed by atoms with Crippen LogP contribution in [-0.2, 0) is 23.5 Å². The molecule has 170 valence electrons. The van der Waals surface area contributed by atoms with E-state index >= 15 is 0 Å². The number of aryl methyl sites for hydroxylation is 2. The summed E-state index contributed by atoms with van der Waals surface area (Å²) in [7, 11) is -3.11.